The highest BCUT2D eigenvalue weighted by Crippen LogP contribution is 2.37. The molecular weight excluding hydrogens is 300 g/mol. The second-order valence-corrected chi connectivity index (χ2v) is 7.80. The van der Waals surface area contributed by atoms with Gasteiger partial charge in [0.2, 0.25) is 0 Å². The third-order valence-corrected chi connectivity index (χ3v) is 5.44. The van der Waals surface area contributed by atoms with E-state index < -0.39 is 0 Å². The summed E-state index contributed by atoms with van der Waals surface area (Å²) in [5.41, 5.74) is 1.22. The standard InChI is InChI=1S/C20H32N2O2/c1-16(2)7-10-22-11-8-20(9-12-22)14-18(15-24-20)21-17-5-4-6-19(13-17)23-3/h4-6,13,16,18,21H,7-12,14-15H2,1-3H3. The predicted molar refractivity (Wildman–Crippen MR) is 98.8 cm³/mol. The van der Waals surface area contributed by atoms with Gasteiger partial charge in [-0.25, -0.2) is 0 Å². The fraction of sp³-hybridized carbons (Fsp3) is 0.700. The van der Waals surface area contributed by atoms with E-state index in [-0.39, 0.29) is 5.60 Å². The second-order valence-electron chi connectivity index (χ2n) is 7.80. The van der Waals surface area contributed by atoms with E-state index in [1.165, 1.54) is 38.9 Å². The number of ether oxygens (including phenoxy) is 2. The molecule has 3 rings (SSSR count). The monoisotopic (exact) mass is 332 g/mol. The molecule has 2 aliphatic heterocycles. The van der Waals surface area contributed by atoms with Crippen LogP contribution in [0.25, 0.3) is 0 Å². The smallest absolute Gasteiger partial charge is 0.120 e. The molecule has 0 saturated carbocycles. The lowest BCUT2D eigenvalue weighted by molar-refractivity contribution is -0.0438. The van der Waals surface area contributed by atoms with Crippen molar-refractivity contribution in [2.75, 3.05) is 38.7 Å². The van der Waals surface area contributed by atoms with Crippen LogP contribution in [0, 0.1) is 5.92 Å². The molecule has 2 fully saturated rings. The Labute approximate surface area is 146 Å². The number of piperidine rings is 1. The summed E-state index contributed by atoms with van der Waals surface area (Å²) in [4.78, 5) is 2.61. The van der Waals surface area contributed by atoms with Gasteiger partial charge in [0.25, 0.3) is 0 Å². The van der Waals surface area contributed by atoms with E-state index in [2.05, 4.69) is 36.2 Å². The molecule has 24 heavy (non-hydrogen) atoms. The quantitative estimate of drug-likeness (QED) is 0.860. The van der Waals surface area contributed by atoms with E-state index in [4.69, 9.17) is 9.47 Å². The molecule has 0 aromatic heterocycles. The van der Waals surface area contributed by atoms with Gasteiger partial charge in [-0.05, 0) is 50.3 Å². The van der Waals surface area contributed by atoms with Crippen LogP contribution in [0.1, 0.15) is 39.5 Å². The molecule has 1 aromatic rings. The van der Waals surface area contributed by atoms with Crippen LogP contribution in [0.4, 0.5) is 5.69 Å². The summed E-state index contributed by atoms with van der Waals surface area (Å²) in [6, 6.07) is 8.56. The molecule has 0 bridgehead atoms. The first kappa shape index (κ1) is 17.6. The largest absolute Gasteiger partial charge is 0.497 e. The van der Waals surface area contributed by atoms with Gasteiger partial charge in [-0.1, -0.05) is 19.9 Å². The maximum absolute atomic E-state index is 6.28. The average Bonchev–Trinajstić information content (AvgIpc) is 2.97. The average molecular weight is 332 g/mol. The molecule has 4 heteroatoms. The minimum Gasteiger partial charge on any atom is -0.497 e. The molecular formula is C20H32N2O2. The molecule has 1 atom stereocenters. The highest BCUT2D eigenvalue weighted by atomic mass is 16.5. The van der Waals surface area contributed by atoms with Gasteiger partial charge in [-0.2, -0.15) is 0 Å². The second kappa shape index (κ2) is 7.75. The summed E-state index contributed by atoms with van der Waals surface area (Å²) in [7, 11) is 1.71. The first-order valence-electron chi connectivity index (χ1n) is 9.35. The van der Waals surface area contributed by atoms with Crippen molar-refractivity contribution >= 4 is 5.69 Å². The number of hydrogen-bond donors (Lipinski definition) is 1. The summed E-state index contributed by atoms with van der Waals surface area (Å²) < 4.78 is 11.6. The Hall–Kier alpha value is -1.26. The normalized spacial score (nSPS) is 23.8. The van der Waals surface area contributed by atoms with Crippen molar-refractivity contribution in [1.82, 2.24) is 4.90 Å². The van der Waals surface area contributed by atoms with E-state index in [1.54, 1.807) is 7.11 Å². The number of likely N-dealkylation sites (tertiary alicyclic amines) is 1. The van der Waals surface area contributed by atoms with E-state index >= 15 is 0 Å². The topological polar surface area (TPSA) is 33.7 Å². The molecule has 1 aromatic carbocycles. The van der Waals surface area contributed by atoms with E-state index in [9.17, 15) is 0 Å². The number of nitrogens with zero attached hydrogens (tertiary/aromatic N) is 1. The van der Waals surface area contributed by atoms with Crippen molar-refractivity contribution in [3.8, 4) is 5.75 Å². The van der Waals surface area contributed by atoms with Crippen LogP contribution in [-0.2, 0) is 4.74 Å². The number of benzene rings is 1. The van der Waals surface area contributed by atoms with Gasteiger partial charge < -0.3 is 19.7 Å². The van der Waals surface area contributed by atoms with Gasteiger partial charge in [-0.15, -0.1) is 0 Å². The summed E-state index contributed by atoms with van der Waals surface area (Å²) in [6.07, 6.45) is 4.75. The zero-order chi connectivity index (χ0) is 17.0. The molecule has 2 saturated heterocycles. The van der Waals surface area contributed by atoms with Crippen LogP contribution in [0.5, 0.6) is 5.75 Å². The lowest BCUT2D eigenvalue weighted by Gasteiger charge is -2.39. The van der Waals surface area contributed by atoms with Crippen molar-refractivity contribution in [3.63, 3.8) is 0 Å². The van der Waals surface area contributed by atoms with Crippen LogP contribution in [0.2, 0.25) is 0 Å². The highest BCUT2D eigenvalue weighted by Gasteiger charge is 2.42. The lowest BCUT2D eigenvalue weighted by atomic mass is 9.87. The third kappa shape index (κ3) is 4.42. The molecule has 2 heterocycles. The van der Waals surface area contributed by atoms with Crippen molar-refractivity contribution in [3.05, 3.63) is 24.3 Å². The Morgan fingerprint density at radius 3 is 2.83 bits per heavy atom. The van der Waals surface area contributed by atoms with Crippen molar-refractivity contribution in [1.29, 1.82) is 0 Å². The molecule has 0 aliphatic carbocycles. The van der Waals surface area contributed by atoms with E-state index in [1.807, 2.05) is 12.1 Å². The van der Waals surface area contributed by atoms with Crippen molar-refractivity contribution < 1.29 is 9.47 Å². The van der Waals surface area contributed by atoms with E-state index in [0.717, 1.165) is 30.4 Å². The molecule has 1 N–H and O–H groups in total. The van der Waals surface area contributed by atoms with Crippen LogP contribution in [0.15, 0.2) is 24.3 Å². The maximum Gasteiger partial charge on any atom is 0.120 e. The van der Waals surface area contributed by atoms with Gasteiger partial charge in [-0.3, -0.25) is 0 Å². The maximum atomic E-state index is 6.28. The Kier molecular flexibility index (Phi) is 5.67. The Morgan fingerprint density at radius 1 is 1.33 bits per heavy atom. The fourth-order valence-corrected chi connectivity index (χ4v) is 3.86. The minimum atomic E-state index is 0.102. The summed E-state index contributed by atoms with van der Waals surface area (Å²) in [5.74, 6) is 1.69. The number of nitrogens with one attached hydrogen (secondary N) is 1. The number of anilines is 1. The van der Waals surface area contributed by atoms with Gasteiger partial charge in [0.1, 0.15) is 5.75 Å². The zero-order valence-electron chi connectivity index (χ0n) is 15.4. The van der Waals surface area contributed by atoms with Crippen molar-refractivity contribution in [2.45, 2.75) is 51.2 Å². The summed E-state index contributed by atoms with van der Waals surface area (Å²) in [5, 5.41) is 3.62. The number of methoxy groups -OCH3 is 1. The molecule has 0 radical (unpaired) electrons. The summed E-state index contributed by atoms with van der Waals surface area (Å²) in [6.45, 7) is 9.01. The van der Waals surface area contributed by atoms with Crippen molar-refractivity contribution in [2.24, 2.45) is 5.92 Å². The van der Waals surface area contributed by atoms with Gasteiger partial charge in [0.05, 0.1) is 25.4 Å². The molecule has 1 spiro atoms. The van der Waals surface area contributed by atoms with Crippen LogP contribution in [0.3, 0.4) is 0 Å². The molecule has 134 valence electrons. The Bertz CT molecular complexity index is 524. The Balaban J connectivity index is 1.48. The van der Waals surface area contributed by atoms with Crippen LogP contribution in [-0.4, -0.2) is 49.9 Å². The minimum absolute atomic E-state index is 0.102. The van der Waals surface area contributed by atoms with Gasteiger partial charge in [0, 0.05) is 24.8 Å². The number of hydrogen-bond acceptors (Lipinski definition) is 4. The van der Waals surface area contributed by atoms with Gasteiger partial charge in [0.15, 0.2) is 0 Å². The molecule has 2 aliphatic rings. The molecule has 4 nitrogen and oxygen atoms in total. The third-order valence-electron chi connectivity index (χ3n) is 5.44. The van der Waals surface area contributed by atoms with Gasteiger partial charge >= 0.3 is 0 Å². The highest BCUT2D eigenvalue weighted by molar-refractivity contribution is 5.49. The van der Waals surface area contributed by atoms with Crippen LogP contribution >= 0.6 is 0 Å². The SMILES string of the molecule is COc1cccc(NC2COC3(CCN(CCC(C)C)CC3)C2)c1. The fourth-order valence-electron chi connectivity index (χ4n) is 3.86. The Morgan fingerprint density at radius 2 is 2.12 bits per heavy atom. The first-order valence-corrected chi connectivity index (χ1v) is 9.35. The molecule has 1 unspecified atom stereocenters. The summed E-state index contributed by atoms with van der Waals surface area (Å²) >= 11 is 0. The predicted octanol–water partition coefficient (Wildman–Crippen LogP) is 3.78. The molecule has 0 amide bonds. The number of rotatable bonds is 6. The first-order chi connectivity index (χ1) is 11.6. The van der Waals surface area contributed by atoms with Crippen LogP contribution < -0.4 is 10.1 Å². The lowest BCUT2D eigenvalue weighted by Crippen LogP contribution is -2.44. The van der Waals surface area contributed by atoms with E-state index in [0.29, 0.717) is 6.04 Å². The zero-order valence-corrected chi connectivity index (χ0v) is 15.4.